The molecule has 0 fully saturated rings. The first kappa shape index (κ1) is 19.1. The quantitative estimate of drug-likeness (QED) is 0.620. The number of amides is 3. The summed E-state index contributed by atoms with van der Waals surface area (Å²) in [6, 6.07) is 12.8. The third-order valence-corrected chi connectivity index (χ3v) is 6.03. The van der Waals surface area contributed by atoms with Gasteiger partial charge < -0.3 is 9.88 Å². The van der Waals surface area contributed by atoms with Crippen LogP contribution in [0.1, 0.15) is 21.5 Å². The van der Waals surface area contributed by atoms with Gasteiger partial charge in [-0.1, -0.05) is 48.2 Å². The fraction of sp³-hybridized carbons (Fsp3) is 0.222. The molecule has 2 aromatic heterocycles. The minimum absolute atomic E-state index is 0.409. The third kappa shape index (κ3) is 4.75. The molecule has 0 aliphatic rings. The van der Waals surface area contributed by atoms with Crippen molar-refractivity contribution in [3.63, 3.8) is 0 Å². The number of thioether (sulfide) groups is 1. The van der Waals surface area contributed by atoms with E-state index in [9.17, 15) is 9.59 Å². The van der Waals surface area contributed by atoms with Gasteiger partial charge in [0.2, 0.25) is 5.91 Å². The van der Waals surface area contributed by atoms with Crippen molar-refractivity contribution in [2.24, 2.45) is 7.05 Å². The second kappa shape index (κ2) is 8.83. The highest BCUT2D eigenvalue weighted by molar-refractivity contribution is 8.00. The lowest BCUT2D eigenvalue weighted by atomic mass is 10.1. The first-order valence-electron chi connectivity index (χ1n) is 8.23. The maximum Gasteiger partial charge on any atom is 0.321 e. The van der Waals surface area contributed by atoms with Gasteiger partial charge in [-0.3, -0.25) is 10.1 Å². The largest absolute Gasteiger partial charge is 0.341 e. The van der Waals surface area contributed by atoms with Gasteiger partial charge in [-0.2, -0.15) is 0 Å². The predicted octanol–water partition coefficient (Wildman–Crippen LogP) is 2.76. The van der Waals surface area contributed by atoms with Gasteiger partial charge in [-0.25, -0.2) is 4.79 Å². The first-order chi connectivity index (χ1) is 13.1. The molecule has 0 bridgehead atoms. The van der Waals surface area contributed by atoms with Crippen molar-refractivity contribution in [3.8, 4) is 0 Å². The summed E-state index contributed by atoms with van der Waals surface area (Å²) in [6.45, 7) is 0. The Morgan fingerprint density at radius 2 is 1.96 bits per heavy atom. The van der Waals surface area contributed by atoms with Crippen molar-refractivity contribution in [3.05, 3.63) is 64.1 Å². The van der Waals surface area contributed by atoms with Gasteiger partial charge in [0, 0.05) is 25.4 Å². The molecule has 0 spiro atoms. The summed E-state index contributed by atoms with van der Waals surface area (Å²) in [5, 5.41) is 15.3. The molecule has 0 aliphatic heterocycles. The lowest BCUT2D eigenvalue weighted by Gasteiger charge is -2.15. The SMILES string of the molecule is CNC(=O)NC(=O)[C@H](Sc1nnc(Cc2cccs2)n1C)c1ccccc1. The fourth-order valence-electron chi connectivity index (χ4n) is 2.42. The van der Waals surface area contributed by atoms with Gasteiger partial charge in [-0.05, 0) is 17.0 Å². The molecule has 1 atom stereocenters. The second-order valence-electron chi connectivity index (χ2n) is 5.69. The van der Waals surface area contributed by atoms with Gasteiger partial charge in [0.05, 0.1) is 0 Å². The molecule has 2 heterocycles. The summed E-state index contributed by atoms with van der Waals surface area (Å²) in [6.07, 6.45) is 0.683. The Hall–Kier alpha value is -2.65. The van der Waals surface area contributed by atoms with Crippen molar-refractivity contribution in [1.82, 2.24) is 25.4 Å². The van der Waals surface area contributed by atoms with E-state index in [0.717, 1.165) is 11.4 Å². The van der Waals surface area contributed by atoms with E-state index < -0.39 is 17.2 Å². The average molecular weight is 402 g/mol. The van der Waals surface area contributed by atoms with Crippen LogP contribution in [0, 0.1) is 0 Å². The summed E-state index contributed by atoms with van der Waals surface area (Å²) in [5.41, 5.74) is 0.784. The van der Waals surface area contributed by atoms with E-state index >= 15 is 0 Å². The van der Waals surface area contributed by atoms with E-state index in [1.54, 1.807) is 11.3 Å². The molecule has 0 aliphatic carbocycles. The molecule has 0 saturated heterocycles. The zero-order valence-electron chi connectivity index (χ0n) is 14.9. The van der Waals surface area contributed by atoms with E-state index in [2.05, 4.69) is 26.9 Å². The molecular weight excluding hydrogens is 382 g/mol. The number of hydrogen-bond donors (Lipinski definition) is 2. The molecule has 9 heteroatoms. The number of rotatable bonds is 6. The number of imide groups is 1. The lowest BCUT2D eigenvalue weighted by Crippen LogP contribution is -2.39. The van der Waals surface area contributed by atoms with Crippen LogP contribution in [-0.2, 0) is 18.3 Å². The topological polar surface area (TPSA) is 88.9 Å². The van der Waals surface area contributed by atoms with Crippen molar-refractivity contribution in [2.75, 3.05) is 7.05 Å². The van der Waals surface area contributed by atoms with Crippen LogP contribution in [0.15, 0.2) is 53.0 Å². The maximum absolute atomic E-state index is 12.6. The first-order valence-corrected chi connectivity index (χ1v) is 9.99. The molecule has 3 amide bonds. The van der Waals surface area contributed by atoms with E-state index in [1.165, 1.54) is 23.7 Å². The Morgan fingerprint density at radius 3 is 2.63 bits per heavy atom. The number of carbonyl (C=O) groups is 2. The highest BCUT2D eigenvalue weighted by Crippen LogP contribution is 2.34. The molecule has 2 N–H and O–H groups in total. The molecule has 3 aromatic rings. The average Bonchev–Trinajstić information content (AvgIpc) is 3.31. The number of hydrogen-bond acceptors (Lipinski definition) is 6. The van der Waals surface area contributed by atoms with Crippen LogP contribution in [0.4, 0.5) is 4.79 Å². The monoisotopic (exact) mass is 401 g/mol. The van der Waals surface area contributed by atoms with E-state index in [0.29, 0.717) is 11.6 Å². The van der Waals surface area contributed by atoms with Crippen molar-refractivity contribution < 1.29 is 9.59 Å². The Bertz CT molecular complexity index is 909. The second-order valence-corrected chi connectivity index (χ2v) is 7.80. The van der Waals surface area contributed by atoms with E-state index in [-0.39, 0.29) is 0 Å². The molecule has 140 valence electrons. The predicted molar refractivity (Wildman–Crippen MR) is 106 cm³/mol. The molecule has 0 unspecified atom stereocenters. The Balaban J connectivity index is 1.83. The van der Waals surface area contributed by atoms with E-state index in [1.807, 2.05) is 53.4 Å². The number of aromatic nitrogens is 3. The van der Waals surface area contributed by atoms with Gasteiger partial charge in [0.1, 0.15) is 11.1 Å². The van der Waals surface area contributed by atoms with Crippen LogP contribution in [0.5, 0.6) is 0 Å². The van der Waals surface area contributed by atoms with Crippen molar-refractivity contribution >= 4 is 35.0 Å². The standard InChI is InChI=1S/C18H19N5O2S2/c1-19-17(25)20-16(24)15(12-7-4-3-5-8-12)27-18-22-21-14(23(18)2)11-13-9-6-10-26-13/h3-10,15H,11H2,1-2H3,(H2,19,20,24,25)/t15-/m1/s1. The number of nitrogens with zero attached hydrogens (tertiary/aromatic N) is 3. The number of nitrogens with one attached hydrogen (secondary N) is 2. The summed E-state index contributed by atoms with van der Waals surface area (Å²) < 4.78 is 1.88. The fourth-order valence-corrected chi connectivity index (χ4v) is 4.14. The van der Waals surface area contributed by atoms with Crippen molar-refractivity contribution in [1.29, 1.82) is 0 Å². The summed E-state index contributed by atoms with van der Waals surface area (Å²) in [4.78, 5) is 25.4. The van der Waals surface area contributed by atoms with Crippen LogP contribution < -0.4 is 10.6 Å². The molecule has 0 saturated carbocycles. The number of carbonyl (C=O) groups excluding carboxylic acids is 2. The molecule has 0 radical (unpaired) electrons. The molecule has 3 rings (SSSR count). The van der Waals surface area contributed by atoms with Gasteiger partial charge >= 0.3 is 6.03 Å². The van der Waals surface area contributed by atoms with Crippen LogP contribution in [-0.4, -0.2) is 33.8 Å². The van der Waals surface area contributed by atoms with Gasteiger partial charge in [0.15, 0.2) is 5.16 Å². The zero-order valence-corrected chi connectivity index (χ0v) is 16.5. The van der Waals surface area contributed by atoms with Crippen molar-refractivity contribution in [2.45, 2.75) is 16.8 Å². The lowest BCUT2D eigenvalue weighted by molar-refractivity contribution is -0.119. The normalized spacial score (nSPS) is 11.8. The smallest absolute Gasteiger partial charge is 0.321 e. The van der Waals surface area contributed by atoms with Crippen LogP contribution in [0.3, 0.4) is 0 Å². The zero-order chi connectivity index (χ0) is 19.2. The number of benzene rings is 1. The molecule has 27 heavy (non-hydrogen) atoms. The number of urea groups is 1. The Morgan fingerprint density at radius 1 is 1.19 bits per heavy atom. The minimum atomic E-state index is -0.624. The molecular formula is C18H19N5O2S2. The van der Waals surface area contributed by atoms with Gasteiger partial charge in [-0.15, -0.1) is 21.5 Å². The minimum Gasteiger partial charge on any atom is -0.341 e. The highest BCUT2D eigenvalue weighted by atomic mass is 32.2. The summed E-state index contributed by atoms with van der Waals surface area (Å²) in [7, 11) is 3.34. The molecule has 7 nitrogen and oxygen atoms in total. The maximum atomic E-state index is 12.6. The summed E-state index contributed by atoms with van der Waals surface area (Å²) >= 11 is 2.93. The van der Waals surface area contributed by atoms with E-state index in [4.69, 9.17) is 0 Å². The van der Waals surface area contributed by atoms with Gasteiger partial charge in [0.25, 0.3) is 0 Å². The van der Waals surface area contributed by atoms with Crippen LogP contribution >= 0.6 is 23.1 Å². The summed E-state index contributed by atoms with van der Waals surface area (Å²) in [5.74, 6) is 0.409. The highest BCUT2D eigenvalue weighted by Gasteiger charge is 2.26. The Labute approximate surface area is 165 Å². The Kier molecular flexibility index (Phi) is 6.25. The van der Waals surface area contributed by atoms with Crippen LogP contribution in [0.2, 0.25) is 0 Å². The number of thiophene rings is 1. The van der Waals surface area contributed by atoms with Crippen LogP contribution in [0.25, 0.3) is 0 Å². The molecule has 1 aromatic carbocycles. The third-order valence-electron chi connectivity index (χ3n) is 3.87.